The average Bonchev–Trinajstić information content (AvgIpc) is 1.92. The summed E-state index contributed by atoms with van der Waals surface area (Å²) in [5.74, 6) is 0. The molecule has 0 nitrogen and oxygen atoms in total. The van der Waals surface area contributed by atoms with E-state index < -0.39 is 7.26 Å². The molecule has 0 N–H and O–H groups in total. The maximum atomic E-state index is 5.95. The van der Waals surface area contributed by atoms with E-state index in [2.05, 4.69) is 27.7 Å². The van der Waals surface area contributed by atoms with Crippen LogP contribution in [-0.2, 0) is 0 Å². The molecule has 58 valence electrons. The van der Waals surface area contributed by atoms with Crippen molar-refractivity contribution < 1.29 is 0 Å². The van der Waals surface area contributed by atoms with Gasteiger partial charge in [-0.25, -0.2) is 0 Å². The van der Waals surface area contributed by atoms with Gasteiger partial charge >= 0.3 is 0 Å². The standard InChI is InChI=1S/C8H19BP/c1-5-10(6-2,7-3)8(4)9/h8H,5-7H2,1-4H3/q+1. The summed E-state index contributed by atoms with van der Waals surface area (Å²) in [5.41, 5.74) is 0.451. The second-order valence-electron chi connectivity index (χ2n) is 2.91. The first kappa shape index (κ1) is 10.5. The van der Waals surface area contributed by atoms with Crippen molar-refractivity contribution in [3.63, 3.8) is 0 Å². The van der Waals surface area contributed by atoms with Gasteiger partial charge in [0.05, 0.1) is 18.5 Å². The predicted octanol–water partition coefficient (Wildman–Crippen LogP) is 2.58. The summed E-state index contributed by atoms with van der Waals surface area (Å²) in [6.45, 7) is 9.02. The van der Waals surface area contributed by atoms with Crippen LogP contribution in [-0.4, -0.2) is 31.9 Å². The zero-order valence-corrected chi connectivity index (χ0v) is 8.62. The third-order valence-electron chi connectivity index (χ3n) is 2.75. The third kappa shape index (κ3) is 1.99. The second kappa shape index (κ2) is 4.39. The summed E-state index contributed by atoms with van der Waals surface area (Å²) in [7, 11) is 5.22. The Balaban J connectivity index is 4.15. The highest BCUT2D eigenvalue weighted by molar-refractivity contribution is 7.77. The molecule has 0 aliphatic carbocycles. The Morgan fingerprint density at radius 2 is 1.40 bits per heavy atom. The number of rotatable bonds is 4. The smallest absolute Gasteiger partial charge is 0.0375 e. The van der Waals surface area contributed by atoms with Crippen molar-refractivity contribution in [2.45, 2.75) is 33.3 Å². The molecule has 1 unspecified atom stereocenters. The van der Waals surface area contributed by atoms with Gasteiger partial charge < -0.3 is 0 Å². The molecular weight excluding hydrogens is 138 g/mol. The van der Waals surface area contributed by atoms with E-state index in [4.69, 9.17) is 7.85 Å². The van der Waals surface area contributed by atoms with Crippen LogP contribution < -0.4 is 0 Å². The predicted molar refractivity (Wildman–Crippen MR) is 53.8 cm³/mol. The second-order valence-corrected chi connectivity index (χ2v) is 8.06. The lowest BCUT2D eigenvalue weighted by atomic mass is 10.1. The van der Waals surface area contributed by atoms with Crippen LogP contribution in [0, 0.1) is 0 Å². The highest BCUT2D eigenvalue weighted by atomic mass is 31.2. The largest absolute Gasteiger partial charge is 0.126 e. The third-order valence-corrected chi connectivity index (χ3v) is 8.26. The Hall–Kier alpha value is 0.495. The SMILES string of the molecule is [B]C(C)[P+](CC)(CC)CC. The lowest BCUT2D eigenvalue weighted by Crippen LogP contribution is -2.16. The minimum absolute atomic E-state index is 0.451. The van der Waals surface area contributed by atoms with E-state index in [0.717, 1.165) is 0 Å². The van der Waals surface area contributed by atoms with Gasteiger partial charge in [0.15, 0.2) is 0 Å². The highest BCUT2D eigenvalue weighted by Gasteiger charge is 2.33. The molecule has 0 amide bonds. The normalized spacial score (nSPS) is 15.2. The fourth-order valence-corrected chi connectivity index (χ4v) is 4.60. The van der Waals surface area contributed by atoms with Crippen LogP contribution in [0.25, 0.3) is 0 Å². The van der Waals surface area contributed by atoms with Crippen molar-refractivity contribution in [3.8, 4) is 0 Å². The lowest BCUT2D eigenvalue weighted by Gasteiger charge is -2.28. The van der Waals surface area contributed by atoms with E-state index in [0.29, 0.717) is 5.56 Å². The average molecular weight is 157 g/mol. The summed E-state index contributed by atoms with van der Waals surface area (Å²) in [6, 6.07) is 0. The minimum atomic E-state index is -0.733. The minimum Gasteiger partial charge on any atom is -0.0375 e. The van der Waals surface area contributed by atoms with E-state index in [1.54, 1.807) is 0 Å². The summed E-state index contributed by atoms with van der Waals surface area (Å²) >= 11 is 0. The lowest BCUT2D eigenvalue weighted by molar-refractivity contribution is 1.21. The first-order valence-electron chi connectivity index (χ1n) is 4.24. The molecule has 0 spiro atoms. The molecule has 0 aliphatic rings. The van der Waals surface area contributed by atoms with Gasteiger partial charge in [-0.1, -0.05) is 0 Å². The number of hydrogen-bond acceptors (Lipinski definition) is 0. The molecule has 0 aliphatic heterocycles. The Kier molecular flexibility index (Phi) is 4.61. The molecule has 0 heterocycles. The summed E-state index contributed by atoms with van der Waals surface area (Å²) in [4.78, 5) is 0. The molecule has 0 saturated heterocycles. The quantitative estimate of drug-likeness (QED) is 0.434. The van der Waals surface area contributed by atoms with Gasteiger partial charge in [0.1, 0.15) is 7.85 Å². The van der Waals surface area contributed by atoms with Gasteiger partial charge in [0.25, 0.3) is 0 Å². The van der Waals surface area contributed by atoms with Gasteiger partial charge in [0.2, 0.25) is 0 Å². The van der Waals surface area contributed by atoms with Crippen molar-refractivity contribution in [2.24, 2.45) is 0 Å². The van der Waals surface area contributed by atoms with Crippen LogP contribution in [0.2, 0.25) is 0 Å². The first-order chi connectivity index (χ1) is 4.63. The Morgan fingerprint density at radius 1 is 1.10 bits per heavy atom. The highest BCUT2D eigenvalue weighted by Crippen LogP contribution is 2.60. The Labute approximate surface area is 67.5 Å². The van der Waals surface area contributed by atoms with Crippen molar-refractivity contribution in [2.75, 3.05) is 18.5 Å². The molecule has 2 heteroatoms. The fraction of sp³-hybridized carbons (Fsp3) is 1.00. The van der Waals surface area contributed by atoms with Crippen molar-refractivity contribution >= 4 is 15.1 Å². The van der Waals surface area contributed by atoms with E-state index in [1.165, 1.54) is 18.5 Å². The maximum Gasteiger partial charge on any atom is 0.126 e. The topological polar surface area (TPSA) is 0 Å². The number of hydrogen-bond donors (Lipinski definition) is 0. The molecule has 0 saturated carbocycles. The van der Waals surface area contributed by atoms with Crippen LogP contribution in [0.15, 0.2) is 0 Å². The van der Waals surface area contributed by atoms with Crippen LogP contribution >= 0.6 is 7.26 Å². The van der Waals surface area contributed by atoms with Gasteiger partial charge in [-0.2, -0.15) is 0 Å². The monoisotopic (exact) mass is 157 g/mol. The molecule has 0 aromatic carbocycles. The molecule has 0 fully saturated rings. The Morgan fingerprint density at radius 3 is 1.40 bits per heavy atom. The molecule has 0 aromatic heterocycles. The zero-order valence-electron chi connectivity index (χ0n) is 7.72. The molecule has 2 radical (unpaired) electrons. The molecule has 10 heavy (non-hydrogen) atoms. The molecule has 0 bridgehead atoms. The van der Waals surface area contributed by atoms with E-state index in [-0.39, 0.29) is 0 Å². The van der Waals surface area contributed by atoms with Crippen molar-refractivity contribution in [3.05, 3.63) is 0 Å². The van der Waals surface area contributed by atoms with E-state index in [9.17, 15) is 0 Å². The van der Waals surface area contributed by atoms with Gasteiger partial charge in [-0.3, -0.25) is 0 Å². The van der Waals surface area contributed by atoms with E-state index >= 15 is 0 Å². The van der Waals surface area contributed by atoms with Crippen LogP contribution in [0.3, 0.4) is 0 Å². The van der Waals surface area contributed by atoms with Gasteiger partial charge in [-0.05, 0) is 27.7 Å². The van der Waals surface area contributed by atoms with Crippen LogP contribution in [0.5, 0.6) is 0 Å². The van der Waals surface area contributed by atoms with Crippen molar-refractivity contribution in [1.29, 1.82) is 0 Å². The van der Waals surface area contributed by atoms with Crippen molar-refractivity contribution in [1.82, 2.24) is 0 Å². The van der Waals surface area contributed by atoms with Gasteiger partial charge in [-0.15, -0.1) is 0 Å². The van der Waals surface area contributed by atoms with E-state index in [1.807, 2.05) is 0 Å². The van der Waals surface area contributed by atoms with Crippen LogP contribution in [0.1, 0.15) is 27.7 Å². The van der Waals surface area contributed by atoms with Gasteiger partial charge in [0, 0.05) is 12.8 Å². The first-order valence-corrected chi connectivity index (χ1v) is 6.65. The van der Waals surface area contributed by atoms with Crippen LogP contribution in [0.4, 0.5) is 0 Å². The zero-order chi connectivity index (χ0) is 8.20. The molecule has 0 aromatic rings. The maximum absolute atomic E-state index is 5.95. The summed E-state index contributed by atoms with van der Waals surface area (Å²) in [5, 5.41) is 0. The Bertz CT molecular complexity index is 79.0. The summed E-state index contributed by atoms with van der Waals surface area (Å²) in [6.07, 6.45) is 3.95. The molecular formula is C8H19BP+. The molecule has 1 atom stereocenters. The fourth-order valence-electron chi connectivity index (χ4n) is 1.53. The molecule has 0 rings (SSSR count). The summed E-state index contributed by atoms with van der Waals surface area (Å²) < 4.78 is 0.